The third-order valence-corrected chi connectivity index (χ3v) is 2.65. The van der Waals surface area contributed by atoms with E-state index in [1.54, 1.807) is 0 Å². The second-order valence-corrected chi connectivity index (χ2v) is 3.91. The lowest BCUT2D eigenvalue weighted by Gasteiger charge is -2.11. The molecular formula is C14H17NO. The molecular weight excluding hydrogens is 198 g/mol. The minimum atomic E-state index is 0.717. The normalized spacial score (nSPS) is 10.6. The van der Waals surface area contributed by atoms with Crippen molar-refractivity contribution in [3.63, 3.8) is 0 Å². The second kappa shape index (κ2) is 4.88. The van der Waals surface area contributed by atoms with Crippen molar-refractivity contribution in [2.45, 2.75) is 19.8 Å². The van der Waals surface area contributed by atoms with Gasteiger partial charge in [0.15, 0.2) is 0 Å². The summed E-state index contributed by atoms with van der Waals surface area (Å²) in [7, 11) is 0. The van der Waals surface area contributed by atoms with Crippen LogP contribution in [0.4, 0.5) is 5.69 Å². The molecule has 2 aromatic carbocycles. The molecule has 0 atom stereocenters. The van der Waals surface area contributed by atoms with Crippen molar-refractivity contribution in [3.8, 4) is 5.75 Å². The van der Waals surface area contributed by atoms with Gasteiger partial charge in [0.2, 0.25) is 0 Å². The van der Waals surface area contributed by atoms with Crippen LogP contribution >= 0.6 is 0 Å². The standard InChI is InChI=1S/C14H17NO/c1-2-3-10-16-14-12-7-5-4-6-11(12)8-9-13(14)15/h4-9H,2-3,10,15H2,1H3. The van der Waals surface area contributed by atoms with E-state index in [1.165, 1.54) is 5.39 Å². The van der Waals surface area contributed by atoms with E-state index in [4.69, 9.17) is 10.5 Å². The summed E-state index contributed by atoms with van der Waals surface area (Å²) in [5.41, 5.74) is 6.66. The van der Waals surface area contributed by atoms with Gasteiger partial charge < -0.3 is 10.5 Å². The van der Waals surface area contributed by atoms with Crippen LogP contribution in [0.5, 0.6) is 5.75 Å². The molecule has 0 aromatic heterocycles. The molecule has 0 heterocycles. The topological polar surface area (TPSA) is 35.2 Å². The minimum Gasteiger partial charge on any atom is -0.491 e. The molecule has 2 nitrogen and oxygen atoms in total. The zero-order chi connectivity index (χ0) is 11.4. The van der Waals surface area contributed by atoms with Gasteiger partial charge in [-0.05, 0) is 17.9 Å². The number of hydrogen-bond donors (Lipinski definition) is 1. The highest BCUT2D eigenvalue weighted by Gasteiger charge is 2.05. The highest BCUT2D eigenvalue weighted by Crippen LogP contribution is 2.31. The molecule has 0 fully saturated rings. The SMILES string of the molecule is CCCCOc1c(N)ccc2ccccc12. The van der Waals surface area contributed by atoms with Crippen LogP contribution in [0.15, 0.2) is 36.4 Å². The van der Waals surface area contributed by atoms with Gasteiger partial charge in [-0.2, -0.15) is 0 Å². The van der Waals surface area contributed by atoms with E-state index in [2.05, 4.69) is 13.0 Å². The fraction of sp³-hybridized carbons (Fsp3) is 0.286. The first-order chi connectivity index (χ1) is 7.83. The number of benzene rings is 2. The smallest absolute Gasteiger partial charge is 0.149 e. The molecule has 0 bridgehead atoms. The number of unbranched alkanes of at least 4 members (excludes halogenated alkanes) is 1. The molecule has 84 valence electrons. The Morgan fingerprint density at radius 2 is 1.94 bits per heavy atom. The first-order valence-electron chi connectivity index (χ1n) is 5.73. The van der Waals surface area contributed by atoms with E-state index in [0.717, 1.165) is 36.3 Å². The van der Waals surface area contributed by atoms with E-state index in [9.17, 15) is 0 Å². The predicted octanol–water partition coefficient (Wildman–Crippen LogP) is 3.60. The molecule has 0 saturated carbocycles. The number of fused-ring (bicyclic) bond motifs is 1. The average Bonchev–Trinajstić information content (AvgIpc) is 2.32. The third kappa shape index (κ3) is 2.11. The van der Waals surface area contributed by atoms with Gasteiger partial charge in [0.05, 0.1) is 12.3 Å². The number of rotatable bonds is 4. The summed E-state index contributed by atoms with van der Waals surface area (Å²) >= 11 is 0. The summed E-state index contributed by atoms with van der Waals surface area (Å²) in [4.78, 5) is 0. The molecule has 0 spiro atoms. The van der Waals surface area contributed by atoms with Gasteiger partial charge in [-0.15, -0.1) is 0 Å². The highest BCUT2D eigenvalue weighted by molar-refractivity contribution is 5.92. The molecule has 0 aliphatic carbocycles. The number of anilines is 1. The number of hydrogen-bond acceptors (Lipinski definition) is 2. The van der Waals surface area contributed by atoms with Crippen LogP contribution < -0.4 is 10.5 Å². The Morgan fingerprint density at radius 3 is 2.75 bits per heavy atom. The Hall–Kier alpha value is -1.70. The predicted molar refractivity (Wildman–Crippen MR) is 68.8 cm³/mol. The molecule has 0 unspecified atom stereocenters. The lowest BCUT2D eigenvalue weighted by molar-refractivity contribution is 0.314. The zero-order valence-corrected chi connectivity index (χ0v) is 9.57. The first-order valence-corrected chi connectivity index (χ1v) is 5.73. The van der Waals surface area contributed by atoms with E-state index >= 15 is 0 Å². The number of nitrogen functional groups attached to an aromatic ring is 1. The largest absolute Gasteiger partial charge is 0.491 e. The summed E-state index contributed by atoms with van der Waals surface area (Å²) in [5, 5.41) is 2.27. The van der Waals surface area contributed by atoms with Crippen LogP contribution in [0.1, 0.15) is 19.8 Å². The molecule has 0 saturated heterocycles. The molecule has 2 heteroatoms. The van der Waals surface area contributed by atoms with Crippen LogP contribution in [-0.4, -0.2) is 6.61 Å². The lowest BCUT2D eigenvalue weighted by Crippen LogP contribution is -2.00. The number of nitrogens with two attached hydrogens (primary N) is 1. The summed E-state index contributed by atoms with van der Waals surface area (Å²) < 4.78 is 5.77. The maximum absolute atomic E-state index is 5.94. The quantitative estimate of drug-likeness (QED) is 0.624. The Kier molecular flexibility index (Phi) is 3.30. The van der Waals surface area contributed by atoms with Crippen molar-refractivity contribution in [2.24, 2.45) is 0 Å². The fourth-order valence-corrected chi connectivity index (χ4v) is 1.74. The lowest BCUT2D eigenvalue weighted by atomic mass is 10.1. The maximum atomic E-state index is 5.94. The Morgan fingerprint density at radius 1 is 1.12 bits per heavy atom. The van der Waals surface area contributed by atoms with Crippen molar-refractivity contribution in [3.05, 3.63) is 36.4 Å². The Balaban J connectivity index is 2.37. The van der Waals surface area contributed by atoms with E-state index in [0.29, 0.717) is 0 Å². The fourth-order valence-electron chi connectivity index (χ4n) is 1.74. The monoisotopic (exact) mass is 215 g/mol. The number of ether oxygens (including phenoxy) is 1. The molecule has 2 aromatic rings. The van der Waals surface area contributed by atoms with Crippen molar-refractivity contribution >= 4 is 16.5 Å². The minimum absolute atomic E-state index is 0.717. The van der Waals surface area contributed by atoms with Gasteiger partial charge in [-0.3, -0.25) is 0 Å². The molecule has 0 aliphatic rings. The van der Waals surface area contributed by atoms with Crippen LogP contribution in [0.3, 0.4) is 0 Å². The Bertz CT molecular complexity index is 479. The highest BCUT2D eigenvalue weighted by atomic mass is 16.5. The molecule has 2 rings (SSSR count). The van der Waals surface area contributed by atoms with E-state index in [-0.39, 0.29) is 0 Å². The zero-order valence-electron chi connectivity index (χ0n) is 9.57. The van der Waals surface area contributed by atoms with Crippen LogP contribution in [0.25, 0.3) is 10.8 Å². The second-order valence-electron chi connectivity index (χ2n) is 3.91. The summed E-state index contributed by atoms with van der Waals surface area (Å²) in [5.74, 6) is 0.826. The van der Waals surface area contributed by atoms with Crippen molar-refractivity contribution in [2.75, 3.05) is 12.3 Å². The van der Waals surface area contributed by atoms with Gasteiger partial charge >= 0.3 is 0 Å². The Labute approximate surface area is 96.0 Å². The molecule has 16 heavy (non-hydrogen) atoms. The van der Waals surface area contributed by atoms with Crippen LogP contribution in [-0.2, 0) is 0 Å². The van der Waals surface area contributed by atoms with Crippen LogP contribution in [0, 0.1) is 0 Å². The summed E-state index contributed by atoms with van der Waals surface area (Å²) in [6.07, 6.45) is 2.19. The molecule has 2 N–H and O–H groups in total. The van der Waals surface area contributed by atoms with Gasteiger partial charge in [0, 0.05) is 5.39 Å². The van der Waals surface area contributed by atoms with Crippen molar-refractivity contribution in [1.29, 1.82) is 0 Å². The first kappa shape index (κ1) is 10.8. The van der Waals surface area contributed by atoms with Crippen molar-refractivity contribution < 1.29 is 4.74 Å². The van der Waals surface area contributed by atoms with Gasteiger partial charge in [-0.25, -0.2) is 0 Å². The van der Waals surface area contributed by atoms with Gasteiger partial charge in [0.1, 0.15) is 5.75 Å². The molecule has 0 radical (unpaired) electrons. The molecule has 0 amide bonds. The average molecular weight is 215 g/mol. The van der Waals surface area contributed by atoms with Gasteiger partial charge in [-0.1, -0.05) is 43.7 Å². The van der Waals surface area contributed by atoms with E-state index < -0.39 is 0 Å². The van der Waals surface area contributed by atoms with Crippen molar-refractivity contribution in [1.82, 2.24) is 0 Å². The summed E-state index contributed by atoms with van der Waals surface area (Å²) in [6.45, 7) is 2.88. The van der Waals surface area contributed by atoms with E-state index in [1.807, 2.05) is 30.3 Å². The molecule has 0 aliphatic heterocycles. The van der Waals surface area contributed by atoms with Crippen LogP contribution in [0.2, 0.25) is 0 Å². The summed E-state index contributed by atoms with van der Waals surface area (Å²) in [6, 6.07) is 12.1. The maximum Gasteiger partial charge on any atom is 0.149 e. The third-order valence-electron chi connectivity index (χ3n) is 2.65. The van der Waals surface area contributed by atoms with Gasteiger partial charge in [0.25, 0.3) is 0 Å².